The molecular formula is C15H12ClF3N2O4S. The summed E-state index contributed by atoms with van der Waals surface area (Å²) in [6.45, 7) is 1.23. The Hall–Kier alpha value is -2.46. The molecule has 2 N–H and O–H groups in total. The van der Waals surface area contributed by atoms with E-state index in [0.29, 0.717) is 0 Å². The minimum atomic E-state index is -5.05. The van der Waals surface area contributed by atoms with E-state index < -0.39 is 32.9 Å². The second kappa shape index (κ2) is 7.42. The van der Waals surface area contributed by atoms with Crippen molar-refractivity contribution in [3.05, 3.63) is 47.5 Å². The SMILES string of the molecule is CC(=O)Nc1cc(NS(=O)(=O)c2ccccc2OC(F)(F)F)ccc1Cl. The molecule has 0 aromatic heterocycles. The van der Waals surface area contributed by atoms with Gasteiger partial charge in [-0.2, -0.15) is 0 Å². The number of hydrogen-bond donors (Lipinski definition) is 2. The van der Waals surface area contributed by atoms with Crippen LogP contribution in [0.4, 0.5) is 24.5 Å². The Morgan fingerprint density at radius 1 is 1.15 bits per heavy atom. The molecule has 0 radical (unpaired) electrons. The van der Waals surface area contributed by atoms with E-state index in [1.54, 1.807) is 0 Å². The predicted molar refractivity (Wildman–Crippen MR) is 89.7 cm³/mol. The summed E-state index contributed by atoms with van der Waals surface area (Å²) >= 11 is 5.89. The lowest BCUT2D eigenvalue weighted by molar-refractivity contribution is -0.275. The number of carbonyl (C=O) groups excluding carboxylic acids is 1. The van der Waals surface area contributed by atoms with Crippen LogP contribution in [0.15, 0.2) is 47.4 Å². The van der Waals surface area contributed by atoms with E-state index >= 15 is 0 Å². The second-order valence-electron chi connectivity index (χ2n) is 4.98. The number of ether oxygens (including phenoxy) is 1. The van der Waals surface area contributed by atoms with Crippen LogP contribution < -0.4 is 14.8 Å². The molecular weight excluding hydrogens is 397 g/mol. The molecule has 0 spiro atoms. The molecule has 0 bridgehead atoms. The summed E-state index contributed by atoms with van der Waals surface area (Å²) in [5, 5.41) is 2.56. The summed E-state index contributed by atoms with van der Waals surface area (Å²) in [5.74, 6) is -1.31. The number of amides is 1. The van der Waals surface area contributed by atoms with Crippen molar-refractivity contribution in [2.45, 2.75) is 18.2 Å². The van der Waals surface area contributed by atoms with Crippen LogP contribution in [-0.2, 0) is 14.8 Å². The lowest BCUT2D eigenvalue weighted by Crippen LogP contribution is -2.21. The van der Waals surface area contributed by atoms with E-state index in [9.17, 15) is 26.4 Å². The highest BCUT2D eigenvalue weighted by Gasteiger charge is 2.34. The standard InChI is InChI=1S/C15H12ClF3N2O4S/c1-9(22)20-12-8-10(6-7-11(12)16)21-26(23,24)14-5-3-2-4-13(14)25-15(17,18)19/h2-8,21H,1H3,(H,20,22). The summed E-state index contributed by atoms with van der Waals surface area (Å²) in [4.78, 5) is 10.4. The average Bonchev–Trinajstić information content (AvgIpc) is 2.48. The molecule has 26 heavy (non-hydrogen) atoms. The van der Waals surface area contributed by atoms with Gasteiger partial charge in [0.1, 0.15) is 10.6 Å². The molecule has 0 fully saturated rings. The van der Waals surface area contributed by atoms with Crippen LogP contribution in [0.1, 0.15) is 6.92 Å². The average molecular weight is 409 g/mol. The van der Waals surface area contributed by atoms with Crippen LogP contribution in [0.3, 0.4) is 0 Å². The lowest BCUT2D eigenvalue weighted by Gasteiger charge is -2.15. The molecule has 2 aromatic carbocycles. The fraction of sp³-hybridized carbons (Fsp3) is 0.133. The Balaban J connectivity index is 2.37. The zero-order valence-corrected chi connectivity index (χ0v) is 14.7. The predicted octanol–water partition coefficient (Wildman–Crippen LogP) is 4.00. The van der Waals surface area contributed by atoms with Crippen LogP contribution in [0.2, 0.25) is 5.02 Å². The Kier molecular flexibility index (Phi) is 5.67. The molecule has 2 rings (SSSR count). The summed E-state index contributed by atoms with van der Waals surface area (Å²) in [6, 6.07) is 8.15. The maximum Gasteiger partial charge on any atom is 0.573 e. The first-order valence-corrected chi connectivity index (χ1v) is 8.79. The molecule has 0 saturated heterocycles. The van der Waals surface area contributed by atoms with Gasteiger partial charge >= 0.3 is 6.36 Å². The number of benzene rings is 2. The first-order valence-electron chi connectivity index (χ1n) is 6.93. The molecule has 2 aromatic rings. The number of sulfonamides is 1. The normalized spacial score (nSPS) is 11.7. The monoisotopic (exact) mass is 408 g/mol. The number of rotatable bonds is 5. The second-order valence-corrected chi connectivity index (χ2v) is 7.03. The number of alkyl halides is 3. The Bertz CT molecular complexity index is 933. The first kappa shape index (κ1) is 19.9. The quantitative estimate of drug-likeness (QED) is 0.783. The summed E-state index contributed by atoms with van der Waals surface area (Å²) in [5.41, 5.74) is 0.124. The van der Waals surface area contributed by atoms with Gasteiger partial charge in [-0.05, 0) is 30.3 Å². The van der Waals surface area contributed by atoms with Crippen LogP contribution in [0, 0.1) is 0 Å². The van der Waals surface area contributed by atoms with Crippen molar-refractivity contribution in [2.24, 2.45) is 0 Å². The molecule has 140 valence electrons. The van der Waals surface area contributed by atoms with Crippen molar-refractivity contribution in [2.75, 3.05) is 10.0 Å². The van der Waals surface area contributed by atoms with Crippen LogP contribution in [-0.4, -0.2) is 20.7 Å². The maximum atomic E-state index is 12.5. The third-order valence-corrected chi connectivity index (χ3v) is 4.64. The molecule has 0 atom stereocenters. The number of hydrogen-bond acceptors (Lipinski definition) is 4. The van der Waals surface area contributed by atoms with E-state index in [0.717, 1.165) is 12.1 Å². The van der Waals surface area contributed by atoms with Gasteiger partial charge in [0.25, 0.3) is 10.0 Å². The van der Waals surface area contributed by atoms with Gasteiger partial charge < -0.3 is 10.1 Å². The topological polar surface area (TPSA) is 84.5 Å². The van der Waals surface area contributed by atoms with Crippen molar-refractivity contribution < 1.29 is 31.1 Å². The van der Waals surface area contributed by atoms with Gasteiger partial charge in [-0.25, -0.2) is 8.42 Å². The third kappa shape index (κ3) is 5.27. The van der Waals surface area contributed by atoms with Gasteiger partial charge in [-0.15, -0.1) is 13.2 Å². The highest BCUT2D eigenvalue weighted by molar-refractivity contribution is 7.92. The van der Waals surface area contributed by atoms with Gasteiger partial charge in [0.05, 0.1) is 16.4 Å². The first-order chi connectivity index (χ1) is 12.0. The zero-order chi connectivity index (χ0) is 19.5. The van der Waals surface area contributed by atoms with Crippen LogP contribution in [0.25, 0.3) is 0 Å². The van der Waals surface area contributed by atoms with Crippen molar-refractivity contribution in [1.82, 2.24) is 0 Å². The van der Waals surface area contributed by atoms with E-state index in [4.69, 9.17) is 11.6 Å². The Morgan fingerprint density at radius 3 is 2.42 bits per heavy atom. The fourth-order valence-corrected chi connectivity index (χ4v) is 3.31. The molecule has 6 nitrogen and oxygen atoms in total. The minimum absolute atomic E-state index is 0.0139. The summed E-state index contributed by atoms with van der Waals surface area (Å²) in [7, 11) is -4.41. The molecule has 0 aliphatic carbocycles. The lowest BCUT2D eigenvalue weighted by atomic mass is 10.3. The van der Waals surface area contributed by atoms with Gasteiger partial charge in [0.2, 0.25) is 5.91 Å². The van der Waals surface area contributed by atoms with Crippen molar-refractivity contribution in [1.29, 1.82) is 0 Å². The number of halogens is 4. The van der Waals surface area contributed by atoms with Crippen molar-refractivity contribution >= 4 is 38.9 Å². The smallest absolute Gasteiger partial charge is 0.404 e. The molecule has 0 heterocycles. The van der Waals surface area contributed by atoms with Gasteiger partial charge in [0.15, 0.2) is 0 Å². The van der Waals surface area contributed by atoms with Crippen molar-refractivity contribution in [3.63, 3.8) is 0 Å². The van der Waals surface area contributed by atoms with E-state index in [1.165, 1.54) is 37.3 Å². The maximum absolute atomic E-state index is 12.5. The molecule has 0 aliphatic rings. The molecule has 0 saturated carbocycles. The Morgan fingerprint density at radius 2 is 1.81 bits per heavy atom. The molecule has 11 heteroatoms. The number of anilines is 2. The molecule has 1 amide bonds. The zero-order valence-electron chi connectivity index (χ0n) is 13.1. The molecule has 0 unspecified atom stereocenters. The number of para-hydroxylation sites is 1. The highest BCUT2D eigenvalue weighted by atomic mass is 35.5. The highest BCUT2D eigenvalue weighted by Crippen LogP contribution is 2.32. The minimum Gasteiger partial charge on any atom is -0.404 e. The van der Waals surface area contributed by atoms with E-state index in [1.807, 2.05) is 0 Å². The van der Waals surface area contributed by atoms with Crippen molar-refractivity contribution in [3.8, 4) is 5.75 Å². The fourth-order valence-electron chi connectivity index (χ4n) is 1.97. The largest absolute Gasteiger partial charge is 0.573 e. The van der Waals surface area contributed by atoms with Gasteiger partial charge in [-0.1, -0.05) is 23.7 Å². The molecule has 0 aliphatic heterocycles. The van der Waals surface area contributed by atoms with E-state index in [2.05, 4.69) is 14.8 Å². The number of carbonyl (C=O) groups is 1. The summed E-state index contributed by atoms with van der Waals surface area (Å²) < 4.78 is 68.2. The van der Waals surface area contributed by atoms with Gasteiger partial charge in [-0.3, -0.25) is 9.52 Å². The van der Waals surface area contributed by atoms with Crippen LogP contribution >= 0.6 is 11.6 Å². The van der Waals surface area contributed by atoms with E-state index in [-0.39, 0.29) is 16.4 Å². The number of nitrogens with one attached hydrogen (secondary N) is 2. The van der Waals surface area contributed by atoms with Crippen LogP contribution in [0.5, 0.6) is 5.75 Å². The summed E-state index contributed by atoms with van der Waals surface area (Å²) in [6.07, 6.45) is -5.05. The van der Waals surface area contributed by atoms with Gasteiger partial charge in [0, 0.05) is 6.92 Å². The third-order valence-electron chi connectivity index (χ3n) is 2.89. The Labute approximate surface area is 152 Å².